The number of hydrogen-bond donors (Lipinski definition) is 1. The number of benzene rings is 2. The molecule has 2 N–H and O–H groups in total. The van der Waals surface area contributed by atoms with Gasteiger partial charge in [-0.1, -0.05) is 54.5 Å². The van der Waals surface area contributed by atoms with Crippen LogP contribution < -0.4 is 5.73 Å². The van der Waals surface area contributed by atoms with Crippen molar-refractivity contribution in [2.24, 2.45) is 21.8 Å². The summed E-state index contributed by atoms with van der Waals surface area (Å²) in [5, 5.41) is 4.06. The zero-order chi connectivity index (χ0) is 25.5. The Kier molecular flexibility index (Phi) is 8.48. The van der Waals surface area contributed by atoms with Gasteiger partial charge in [-0.05, 0) is 62.2 Å². The van der Waals surface area contributed by atoms with Gasteiger partial charge < -0.3 is 20.4 Å². The van der Waals surface area contributed by atoms with E-state index in [4.69, 9.17) is 10.6 Å². The van der Waals surface area contributed by atoms with Crippen LogP contribution in [0.25, 0.3) is 11.1 Å². The first kappa shape index (κ1) is 25.6. The summed E-state index contributed by atoms with van der Waals surface area (Å²) in [6.45, 7) is 5.29. The smallest absolute Gasteiger partial charge is 0.254 e. The van der Waals surface area contributed by atoms with Gasteiger partial charge in [0.05, 0.1) is 18.3 Å². The van der Waals surface area contributed by atoms with E-state index in [2.05, 4.69) is 22.0 Å². The lowest BCUT2D eigenvalue weighted by atomic mass is 10.00. The van der Waals surface area contributed by atoms with Crippen molar-refractivity contribution in [3.63, 3.8) is 0 Å². The van der Waals surface area contributed by atoms with Crippen LogP contribution in [0.5, 0.6) is 0 Å². The zero-order valence-electron chi connectivity index (χ0n) is 21.1. The molecular weight excluding hydrogens is 454 g/mol. The Balaban J connectivity index is 1.51. The van der Waals surface area contributed by atoms with E-state index in [1.165, 1.54) is 7.11 Å². The molecule has 2 aliphatic rings. The van der Waals surface area contributed by atoms with Gasteiger partial charge in [-0.25, -0.2) is 0 Å². The molecule has 0 spiro atoms. The molecule has 0 radical (unpaired) electrons. The fourth-order valence-electron chi connectivity index (χ4n) is 4.99. The largest absolute Gasteiger partial charge is 0.399 e. The molecule has 190 valence electrons. The third kappa shape index (κ3) is 5.99. The summed E-state index contributed by atoms with van der Waals surface area (Å²) in [5.41, 5.74) is 9.72. The Morgan fingerprint density at radius 3 is 2.44 bits per heavy atom. The number of carbonyl (C=O) groups is 2. The standard InChI is InChI=1S/C28H35N5O3/c1-3-32-16-7-10-22(15-17-32)27(34)30-26(29)25-18-24(31-36-2)19-33(25)28(35)23-13-11-21(12-14-23)20-8-5-4-6-9-20/h4-6,8-9,11-14,22,25H,3,7,10,15-19H2,1-2H3,(H2,29,30,34). The van der Waals surface area contributed by atoms with Crippen LogP contribution >= 0.6 is 0 Å². The van der Waals surface area contributed by atoms with Crippen LogP contribution in [0.2, 0.25) is 0 Å². The van der Waals surface area contributed by atoms with E-state index in [9.17, 15) is 9.59 Å². The number of nitrogens with two attached hydrogens (primary N) is 1. The predicted molar refractivity (Wildman–Crippen MR) is 142 cm³/mol. The average molecular weight is 490 g/mol. The van der Waals surface area contributed by atoms with Crippen LogP contribution in [0, 0.1) is 5.92 Å². The molecule has 2 amide bonds. The topological polar surface area (TPSA) is 101 Å². The molecule has 0 aliphatic carbocycles. The molecule has 8 nitrogen and oxygen atoms in total. The van der Waals surface area contributed by atoms with Crippen LogP contribution in [0.1, 0.15) is 43.0 Å². The molecule has 2 atom stereocenters. The predicted octanol–water partition coefficient (Wildman–Crippen LogP) is 3.58. The lowest BCUT2D eigenvalue weighted by Crippen LogP contribution is -2.44. The monoisotopic (exact) mass is 489 g/mol. The number of oxime groups is 1. The number of rotatable bonds is 6. The molecule has 4 rings (SSSR count). The summed E-state index contributed by atoms with van der Waals surface area (Å²) >= 11 is 0. The van der Waals surface area contributed by atoms with Gasteiger partial charge in [0.15, 0.2) is 0 Å². The Morgan fingerprint density at radius 1 is 1.03 bits per heavy atom. The lowest BCUT2D eigenvalue weighted by molar-refractivity contribution is -0.121. The molecule has 0 aromatic heterocycles. The van der Waals surface area contributed by atoms with E-state index in [1.807, 2.05) is 54.6 Å². The molecule has 2 heterocycles. The van der Waals surface area contributed by atoms with Crippen molar-refractivity contribution in [1.29, 1.82) is 0 Å². The van der Waals surface area contributed by atoms with Gasteiger partial charge in [-0.15, -0.1) is 0 Å². The zero-order valence-corrected chi connectivity index (χ0v) is 21.1. The van der Waals surface area contributed by atoms with E-state index in [-0.39, 0.29) is 30.1 Å². The van der Waals surface area contributed by atoms with Crippen LogP contribution in [-0.2, 0) is 9.63 Å². The SMILES string of the molecule is CCN1CCCC(C(=O)N=C(N)C2CC(=NOC)CN2C(=O)c2ccc(-c3ccccc3)cc2)CC1. The summed E-state index contributed by atoms with van der Waals surface area (Å²) in [6, 6.07) is 17.0. The molecule has 2 aliphatic heterocycles. The van der Waals surface area contributed by atoms with Crippen molar-refractivity contribution in [3.8, 4) is 11.1 Å². The first-order valence-corrected chi connectivity index (χ1v) is 12.7. The van der Waals surface area contributed by atoms with Crippen molar-refractivity contribution in [3.05, 3.63) is 60.2 Å². The Morgan fingerprint density at radius 2 is 1.75 bits per heavy atom. The second-order valence-corrected chi connectivity index (χ2v) is 9.37. The lowest BCUT2D eigenvalue weighted by Gasteiger charge is -2.24. The van der Waals surface area contributed by atoms with Crippen molar-refractivity contribution >= 4 is 23.4 Å². The quantitative estimate of drug-likeness (QED) is 0.380. The minimum atomic E-state index is -0.540. The Labute approximate surface area is 212 Å². The highest BCUT2D eigenvalue weighted by molar-refractivity contribution is 6.08. The van der Waals surface area contributed by atoms with E-state index in [0.29, 0.717) is 17.7 Å². The fraction of sp³-hybridized carbons (Fsp3) is 0.429. The maximum Gasteiger partial charge on any atom is 0.254 e. The second kappa shape index (κ2) is 11.9. The summed E-state index contributed by atoms with van der Waals surface area (Å²) in [7, 11) is 1.47. The first-order valence-electron chi connectivity index (χ1n) is 12.7. The number of amidine groups is 1. The number of aliphatic imine (C=N–C) groups is 1. The summed E-state index contributed by atoms with van der Waals surface area (Å²) in [5.74, 6) is -0.350. The van der Waals surface area contributed by atoms with Crippen LogP contribution in [0.3, 0.4) is 0 Å². The van der Waals surface area contributed by atoms with E-state index >= 15 is 0 Å². The summed E-state index contributed by atoms with van der Waals surface area (Å²) in [4.78, 5) is 39.7. The second-order valence-electron chi connectivity index (χ2n) is 9.37. The third-order valence-electron chi connectivity index (χ3n) is 7.08. The minimum absolute atomic E-state index is 0.136. The van der Waals surface area contributed by atoms with Gasteiger partial charge in [0, 0.05) is 17.9 Å². The molecule has 0 bridgehead atoms. The Bertz CT molecular complexity index is 1110. The van der Waals surface area contributed by atoms with E-state index in [0.717, 1.165) is 50.0 Å². The molecule has 2 aromatic carbocycles. The maximum atomic E-state index is 13.5. The number of amides is 2. The van der Waals surface area contributed by atoms with Crippen molar-refractivity contribution in [1.82, 2.24) is 9.80 Å². The van der Waals surface area contributed by atoms with Crippen LogP contribution in [-0.4, -0.2) is 72.5 Å². The van der Waals surface area contributed by atoms with Crippen molar-refractivity contribution < 1.29 is 14.4 Å². The molecule has 0 saturated carbocycles. The van der Waals surface area contributed by atoms with Crippen LogP contribution in [0.15, 0.2) is 64.7 Å². The van der Waals surface area contributed by atoms with Gasteiger partial charge in [-0.2, -0.15) is 4.99 Å². The molecule has 2 unspecified atom stereocenters. The summed E-state index contributed by atoms with van der Waals surface area (Å²) in [6.07, 6.45) is 2.94. The number of carbonyl (C=O) groups excluding carboxylic acids is 2. The van der Waals surface area contributed by atoms with Crippen molar-refractivity contribution in [2.45, 2.75) is 38.6 Å². The van der Waals surface area contributed by atoms with Gasteiger partial charge in [0.2, 0.25) is 0 Å². The highest BCUT2D eigenvalue weighted by Gasteiger charge is 2.37. The highest BCUT2D eigenvalue weighted by atomic mass is 16.6. The first-order chi connectivity index (χ1) is 17.5. The van der Waals surface area contributed by atoms with Gasteiger partial charge in [0.25, 0.3) is 11.8 Å². The average Bonchev–Trinajstić information content (AvgIpc) is 3.18. The van der Waals surface area contributed by atoms with Gasteiger partial charge >= 0.3 is 0 Å². The molecular formula is C28H35N5O3. The van der Waals surface area contributed by atoms with Gasteiger partial charge in [0.1, 0.15) is 12.9 Å². The van der Waals surface area contributed by atoms with Crippen LogP contribution in [0.4, 0.5) is 0 Å². The minimum Gasteiger partial charge on any atom is -0.399 e. The number of hydrogen-bond acceptors (Lipinski definition) is 5. The number of likely N-dealkylation sites (tertiary alicyclic amines) is 2. The van der Waals surface area contributed by atoms with Crippen molar-refractivity contribution in [2.75, 3.05) is 33.3 Å². The maximum absolute atomic E-state index is 13.5. The van der Waals surface area contributed by atoms with E-state index < -0.39 is 6.04 Å². The molecule has 2 fully saturated rings. The molecule has 36 heavy (non-hydrogen) atoms. The molecule has 2 aromatic rings. The summed E-state index contributed by atoms with van der Waals surface area (Å²) < 4.78 is 0. The third-order valence-corrected chi connectivity index (χ3v) is 7.08. The highest BCUT2D eigenvalue weighted by Crippen LogP contribution is 2.24. The Hall–Kier alpha value is -3.52. The normalized spacial score (nSPS) is 22.4. The fourth-order valence-corrected chi connectivity index (χ4v) is 4.99. The molecule has 2 saturated heterocycles. The molecule has 8 heteroatoms. The van der Waals surface area contributed by atoms with Gasteiger partial charge in [-0.3, -0.25) is 9.59 Å². The van der Waals surface area contributed by atoms with E-state index in [1.54, 1.807) is 4.90 Å². The number of nitrogens with zero attached hydrogens (tertiary/aromatic N) is 4.